The van der Waals surface area contributed by atoms with Crippen LogP contribution in [-0.4, -0.2) is 33.7 Å². The second kappa shape index (κ2) is 3.89. The van der Waals surface area contributed by atoms with Crippen LogP contribution in [0.2, 0.25) is 0 Å². The van der Waals surface area contributed by atoms with Crippen LogP contribution >= 0.6 is 0 Å². The van der Waals surface area contributed by atoms with Gasteiger partial charge in [0.05, 0.1) is 16.0 Å². The lowest BCUT2D eigenvalue weighted by atomic mass is 9.95. The van der Waals surface area contributed by atoms with Crippen molar-refractivity contribution in [2.24, 2.45) is 0 Å². The highest BCUT2D eigenvalue weighted by Crippen LogP contribution is 2.39. The Morgan fingerprint density at radius 2 is 2.11 bits per heavy atom. The van der Waals surface area contributed by atoms with Crippen LogP contribution in [0.1, 0.15) is 6.92 Å². The van der Waals surface area contributed by atoms with E-state index in [4.69, 9.17) is 0 Å². The molecule has 0 atom stereocenters. The highest BCUT2D eigenvalue weighted by Gasteiger charge is 2.40. The Labute approximate surface area is 109 Å². The summed E-state index contributed by atoms with van der Waals surface area (Å²) in [4.78, 5) is 16.6. The number of nitro groups is 1. The molecule has 1 N–H and O–H groups in total. The highest BCUT2D eigenvalue weighted by molar-refractivity contribution is 5.96. The van der Waals surface area contributed by atoms with Gasteiger partial charge in [-0.1, -0.05) is 18.2 Å². The van der Waals surface area contributed by atoms with Crippen LogP contribution in [0, 0.1) is 10.1 Å². The highest BCUT2D eigenvalue weighted by atomic mass is 16.6. The van der Waals surface area contributed by atoms with Crippen molar-refractivity contribution in [3.63, 3.8) is 0 Å². The zero-order valence-electron chi connectivity index (χ0n) is 10.4. The van der Waals surface area contributed by atoms with E-state index in [0.29, 0.717) is 18.8 Å². The quantitative estimate of drug-likeness (QED) is 0.656. The summed E-state index contributed by atoms with van der Waals surface area (Å²) in [6, 6.07) is 7.31. The molecule has 1 fully saturated rings. The minimum Gasteiger partial charge on any atom is -0.386 e. The summed E-state index contributed by atoms with van der Waals surface area (Å²) in [6.45, 7) is 2.50. The van der Waals surface area contributed by atoms with Gasteiger partial charge in [0.1, 0.15) is 11.9 Å². The van der Waals surface area contributed by atoms with Crippen molar-refractivity contribution in [3.8, 4) is 0 Å². The fourth-order valence-electron chi connectivity index (χ4n) is 2.52. The molecule has 1 aliphatic rings. The van der Waals surface area contributed by atoms with Crippen molar-refractivity contribution in [2.45, 2.75) is 12.5 Å². The van der Waals surface area contributed by atoms with Crippen LogP contribution in [0.5, 0.6) is 0 Å². The molecular weight excluding hydrogens is 246 g/mol. The van der Waals surface area contributed by atoms with Gasteiger partial charge >= 0.3 is 5.69 Å². The lowest BCUT2D eigenvalue weighted by Gasteiger charge is -2.45. The summed E-state index contributed by atoms with van der Waals surface area (Å²) < 4.78 is 0. The van der Waals surface area contributed by atoms with Crippen molar-refractivity contribution in [2.75, 3.05) is 18.0 Å². The molecule has 2 heterocycles. The number of benzene rings is 1. The molecule has 0 unspecified atom stereocenters. The van der Waals surface area contributed by atoms with E-state index >= 15 is 0 Å². The molecule has 1 aliphatic heterocycles. The zero-order chi connectivity index (χ0) is 13.6. The van der Waals surface area contributed by atoms with E-state index in [-0.39, 0.29) is 5.69 Å². The third-order valence-corrected chi connectivity index (χ3v) is 3.30. The number of hydrogen-bond donors (Lipinski definition) is 1. The van der Waals surface area contributed by atoms with Crippen molar-refractivity contribution >= 4 is 22.3 Å². The van der Waals surface area contributed by atoms with Gasteiger partial charge in [-0.25, -0.2) is 4.98 Å². The number of hydrogen-bond acceptors (Lipinski definition) is 5. The number of fused-ring (bicyclic) bond motifs is 1. The van der Waals surface area contributed by atoms with Crippen LogP contribution in [0.3, 0.4) is 0 Å². The number of aliphatic hydroxyl groups is 1. The van der Waals surface area contributed by atoms with Crippen molar-refractivity contribution in [1.82, 2.24) is 4.98 Å². The predicted molar refractivity (Wildman–Crippen MR) is 71.2 cm³/mol. The van der Waals surface area contributed by atoms with E-state index in [9.17, 15) is 15.2 Å². The lowest BCUT2D eigenvalue weighted by molar-refractivity contribution is -0.384. The summed E-state index contributed by atoms with van der Waals surface area (Å²) in [5, 5.41) is 21.7. The van der Waals surface area contributed by atoms with E-state index in [2.05, 4.69) is 4.98 Å². The van der Waals surface area contributed by atoms with Gasteiger partial charge in [-0.05, 0) is 13.0 Å². The summed E-state index contributed by atoms with van der Waals surface area (Å²) in [5.41, 5.74) is 0.462. The first-order valence-electron chi connectivity index (χ1n) is 5.97. The van der Waals surface area contributed by atoms with Crippen LogP contribution in [-0.2, 0) is 0 Å². The van der Waals surface area contributed by atoms with Crippen molar-refractivity contribution < 1.29 is 10.0 Å². The van der Waals surface area contributed by atoms with Crippen LogP contribution in [0.4, 0.5) is 11.4 Å². The maximum absolute atomic E-state index is 11.1. The minimum atomic E-state index is -0.780. The number of β-amino-alcohol motifs (C(OH)–C–C–N with tert-alkyl or cyclic N) is 1. The number of rotatable bonds is 2. The average Bonchev–Trinajstić information content (AvgIpc) is 2.34. The third kappa shape index (κ3) is 1.90. The zero-order valence-corrected chi connectivity index (χ0v) is 10.4. The number of anilines is 1. The second-order valence-corrected chi connectivity index (χ2v) is 5.12. The standard InChI is InChI=1S/C13H13N3O3/c1-13(17)7-15(8-13)12-9-4-2-3-5-10(9)14-6-11(12)16(18)19/h2-6,17H,7-8H2,1H3. The predicted octanol–water partition coefficient (Wildman–Crippen LogP) is 1.71. The Morgan fingerprint density at radius 1 is 1.42 bits per heavy atom. The van der Waals surface area contributed by atoms with E-state index in [1.807, 2.05) is 29.2 Å². The number of nitrogens with zero attached hydrogens (tertiary/aromatic N) is 3. The van der Waals surface area contributed by atoms with E-state index in [1.54, 1.807) is 6.92 Å². The average molecular weight is 259 g/mol. The van der Waals surface area contributed by atoms with Crippen LogP contribution in [0.25, 0.3) is 10.9 Å². The summed E-state index contributed by atoms with van der Waals surface area (Å²) in [7, 11) is 0. The molecule has 0 aliphatic carbocycles. The Morgan fingerprint density at radius 3 is 2.74 bits per heavy atom. The molecule has 6 nitrogen and oxygen atoms in total. The lowest BCUT2D eigenvalue weighted by Crippen LogP contribution is -2.60. The summed E-state index contributed by atoms with van der Waals surface area (Å²) in [6.07, 6.45) is 1.28. The van der Waals surface area contributed by atoms with Gasteiger partial charge in [0.2, 0.25) is 0 Å². The minimum absolute atomic E-state index is 0.0193. The van der Waals surface area contributed by atoms with Gasteiger partial charge in [-0.3, -0.25) is 10.1 Å². The molecule has 6 heteroatoms. The fraction of sp³-hybridized carbons (Fsp3) is 0.308. The smallest absolute Gasteiger partial charge is 0.311 e. The summed E-state index contributed by atoms with van der Waals surface area (Å²) in [5.74, 6) is 0. The molecule has 1 aromatic heterocycles. The van der Waals surface area contributed by atoms with E-state index in [1.165, 1.54) is 6.20 Å². The maximum atomic E-state index is 11.1. The normalized spacial score (nSPS) is 17.3. The van der Waals surface area contributed by atoms with Crippen molar-refractivity contribution in [1.29, 1.82) is 0 Å². The van der Waals surface area contributed by atoms with Gasteiger partial charge in [-0.2, -0.15) is 0 Å². The van der Waals surface area contributed by atoms with Gasteiger partial charge in [0.15, 0.2) is 0 Å². The molecule has 19 heavy (non-hydrogen) atoms. The van der Waals surface area contributed by atoms with E-state index < -0.39 is 10.5 Å². The first-order valence-corrected chi connectivity index (χ1v) is 5.97. The number of para-hydroxylation sites is 1. The number of pyridine rings is 1. The van der Waals surface area contributed by atoms with Gasteiger partial charge < -0.3 is 10.0 Å². The third-order valence-electron chi connectivity index (χ3n) is 3.30. The fourth-order valence-corrected chi connectivity index (χ4v) is 2.52. The Bertz CT molecular complexity index is 661. The molecule has 2 aromatic rings. The Kier molecular flexibility index (Phi) is 2.43. The molecule has 3 rings (SSSR count). The largest absolute Gasteiger partial charge is 0.386 e. The first kappa shape index (κ1) is 11.9. The maximum Gasteiger partial charge on any atom is 0.311 e. The van der Waals surface area contributed by atoms with Gasteiger partial charge in [0, 0.05) is 18.5 Å². The van der Waals surface area contributed by atoms with E-state index in [0.717, 1.165) is 10.9 Å². The molecule has 98 valence electrons. The SMILES string of the molecule is CC1(O)CN(c2c([N+](=O)[O-])cnc3ccccc23)C1. The van der Waals surface area contributed by atoms with Gasteiger partial charge in [0.25, 0.3) is 0 Å². The molecule has 1 aromatic carbocycles. The topological polar surface area (TPSA) is 79.5 Å². The molecule has 0 spiro atoms. The monoisotopic (exact) mass is 259 g/mol. The first-order chi connectivity index (χ1) is 8.98. The van der Waals surface area contributed by atoms with Crippen molar-refractivity contribution in [3.05, 3.63) is 40.6 Å². The Balaban J connectivity index is 2.18. The Hall–Kier alpha value is -2.21. The molecule has 0 radical (unpaired) electrons. The molecule has 0 bridgehead atoms. The summed E-state index contributed by atoms with van der Waals surface area (Å²) >= 11 is 0. The van der Waals surface area contributed by atoms with Crippen LogP contribution < -0.4 is 4.90 Å². The molecule has 0 saturated carbocycles. The second-order valence-electron chi connectivity index (χ2n) is 5.12. The van der Waals surface area contributed by atoms with Crippen LogP contribution in [0.15, 0.2) is 30.5 Å². The number of aromatic nitrogens is 1. The molecule has 0 amide bonds. The van der Waals surface area contributed by atoms with Gasteiger partial charge in [-0.15, -0.1) is 0 Å². The molecule has 1 saturated heterocycles. The molecular formula is C13H13N3O3.